The van der Waals surface area contributed by atoms with Crippen LogP contribution >= 0.6 is 34.4 Å². The van der Waals surface area contributed by atoms with Gasteiger partial charge in [0.2, 0.25) is 5.91 Å². The molecule has 0 saturated heterocycles. The number of rotatable bonds is 6. The maximum absolute atomic E-state index is 11.8. The standard InChI is InChI=1S/C13H19IN2OS/c1-9(6-15)7-18-8-13(17)16-12-4-3-11(14)5-10(12)2/h3-5,9H,6-8,15H2,1-2H3,(H,16,17). The second-order valence-corrected chi connectivity index (χ2v) is 6.64. The van der Waals surface area contributed by atoms with Gasteiger partial charge in [0.15, 0.2) is 0 Å². The molecule has 0 fully saturated rings. The Balaban J connectivity index is 2.40. The molecule has 0 aliphatic rings. The molecular formula is C13H19IN2OS. The summed E-state index contributed by atoms with van der Waals surface area (Å²) in [6.07, 6.45) is 0. The van der Waals surface area contributed by atoms with Crippen LogP contribution < -0.4 is 11.1 Å². The first kappa shape index (κ1) is 15.8. The van der Waals surface area contributed by atoms with Crippen LogP contribution in [0.2, 0.25) is 0 Å². The molecule has 0 aromatic heterocycles. The fourth-order valence-corrected chi connectivity index (χ4v) is 2.94. The minimum atomic E-state index is 0.0496. The van der Waals surface area contributed by atoms with E-state index in [0.717, 1.165) is 17.0 Å². The van der Waals surface area contributed by atoms with Crippen molar-refractivity contribution < 1.29 is 4.79 Å². The minimum Gasteiger partial charge on any atom is -0.330 e. The molecule has 18 heavy (non-hydrogen) atoms. The zero-order valence-electron chi connectivity index (χ0n) is 10.7. The van der Waals surface area contributed by atoms with Crippen LogP contribution in [0.5, 0.6) is 0 Å². The van der Waals surface area contributed by atoms with Crippen LogP contribution in [0.4, 0.5) is 5.69 Å². The van der Waals surface area contributed by atoms with Gasteiger partial charge in [-0.15, -0.1) is 0 Å². The number of carbonyl (C=O) groups excluding carboxylic acids is 1. The first-order valence-corrected chi connectivity index (χ1v) is 8.10. The van der Waals surface area contributed by atoms with Crippen molar-refractivity contribution >= 4 is 45.9 Å². The van der Waals surface area contributed by atoms with E-state index < -0.39 is 0 Å². The van der Waals surface area contributed by atoms with E-state index in [9.17, 15) is 4.79 Å². The Kier molecular flexibility index (Phi) is 7.03. The monoisotopic (exact) mass is 378 g/mol. The molecule has 1 amide bonds. The van der Waals surface area contributed by atoms with E-state index in [1.54, 1.807) is 11.8 Å². The van der Waals surface area contributed by atoms with Crippen molar-refractivity contribution in [3.8, 4) is 0 Å². The summed E-state index contributed by atoms with van der Waals surface area (Å²) in [7, 11) is 0. The molecule has 1 aromatic carbocycles. The van der Waals surface area contributed by atoms with Crippen LogP contribution in [0.3, 0.4) is 0 Å². The fraction of sp³-hybridized carbons (Fsp3) is 0.462. The van der Waals surface area contributed by atoms with Gasteiger partial charge >= 0.3 is 0 Å². The first-order chi connectivity index (χ1) is 8.52. The number of hydrogen-bond donors (Lipinski definition) is 2. The third-order valence-corrected chi connectivity index (χ3v) is 4.44. The summed E-state index contributed by atoms with van der Waals surface area (Å²) in [5.41, 5.74) is 7.52. The summed E-state index contributed by atoms with van der Waals surface area (Å²) in [6, 6.07) is 5.99. The van der Waals surface area contributed by atoms with Crippen LogP contribution in [0.25, 0.3) is 0 Å². The Hall–Kier alpha value is -0.270. The predicted molar refractivity (Wildman–Crippen MR) is 88.1 cm³/mol. The molecule has 1 atom stereocenters. The second kappa shape index (κ2) is 8.01. The topological polar surface area (TPSA) is 55.1 Å². The molecule has 0 radical (unpaired) electrons. The van der Waals surface area contributed by atoms with Crippen LogP contribution in [0.15, 0.2) is 18.2 Å². The number of anilines is 1. The Bertz CT molecular complexity index is 412. The van der Waals surface area contributed by atoms with Crippen LogP contribution in [0.1, 0.15) is 12.5 Å². The quantitative estimate of drug-likeness (QED) is 0.749. The summed E-state index contributed by atoms with van der Waals surface area (Å²) >= 11 is 3.89. The third-order valence-electron chi connectivity index (χ3n) is 2.50. The highest BCUT2D eigenvalue weighted by Gasteiger charge is 2.06. The van der Waals surface area contributed by atoms with Gasteiger partial charge in [-0.05, 0) is 71.5 Å². The maximum Gasteiger partial charge on any atom is 0.234 e. The van der Waals surface area contributed by atoms with Crippen molar-refractivity contribution in [2.75, 3.05) is 23.4 Å². The van der Waals surface area contributed by atoms with E-state index in [0.29, 0.717) is 18.2 Å². The van der Waals surface area contributed by atoms with E-state index in [4.69, 9.17) is 5.73 Å². The lowest BCUT2D eigenvalue weighted by Crippen LogP contribution is -2.18. The lowest BCUT2D eigenvalue weighted by Gasteiger charge is -2.10. The Labute approximate surface area is 126 Å². The SMILES string of the molecule is Cc1cc(I)ccc1NC(=O)CSCC(C)CN. The molecule has 1 aromatic rings. The van der Waals surface area contributed by atoms with Gasteiger partial charge in [-0.25, -0.2) is 0 Å². The predicted octanol–water partition coefficient (Wildman–Crippen LogP) is 2.87. The highest BCUT2D eigenvalue weighted by molar-refractivity contribution is 14.1. The molecule has 0 heterocycles. The van der Waals surface area contributed by atoms with Crippen molar-refractivity contribution in [2.45, 2.75) is 13.8 Å². The molecule has 3 N–H and O–H groups in total. The van der Waals surface area contributed by atoms with Gasteiger partial charge in [-0.2, -0.15) is 11.8 Å². The van der Waals surface area contributed by atoms with Crippen molar-refractivity contribution in [2.24, 2.45) is 11.7 Å². The number of hydrogen-bond acceptors (Lipinski definition) is 3. The number of carbonyl (C=O) groups is 1. The molecule has 1 rings (SSSR count). The average molecular weight is 378 g/mol. The molecule has 0 aliphatic heterocycles. The average Bonchev–Trinajstić information content (AvgIpc) is 2.32. The summed E-state index contributed by atoms with van der Waals surface area (Å²) in [6.45, 7) is 4.76. The number of benzene rings is 1. The minimum absolute atomic E-state index is 0.0496. The van der Waals surface area contributed by atoms with Gasteiger partial charge in [-0.1, -0.05) is 6.92 Å². The number of aryl methyl sites for hydroxylation is 1. The summed E-state index contributed by atoms with van der Waals surface area (Å²) in [5.74, 6) is 1.92. The number of halogens is 1. The molecule has 1 unspecified atom stereocenters. The van der Waals surface area contributed by atoms with Crippen molar-refractivity contribution in [1.29, 1.82) is 0 Å². The lowest BCUT2D eigenvalue weighted by atomic mass is 10.2. The molecule has 0 bridgehead atoms. The van der Waals surface area contributed by atoms with Gasteiger partial charge in [0, 0.05) is 9.26 Å². The maximum atomic E-state index is 11.8. The van der Waals surface area contributed by atoms with Gasteiger partial charge in [-0.3, -0.25) is 4.79 Å². The van der Waals surface area contributed by atoms with Gasteiger partial charge in [0.25, 0.3) is 0 Å². The highest BCUT2D eigenvalue weighted by Crippen LogP contribution is 2.18. The van der Waals surface area contributed by atoms with E-state index in [1.807, 2.05) is 19.1 Å². The van der Waals surface area contributed by atoms with E-state index in [-0.39, 0.29) is 5.91 Å². The van der Waals surface area contributed by atoms with Crippen molar-refractivity contribution in [3.05, 3.63) is 27.3 Å². The second-order valence-electron chi connectivity index (χ2n) is 4.36. The normalized spacial score (nSPS) is 12.2. The summed E-state index contributed by atoms with van der Waals surface area (Å²) in [5, 5.41) is 2.93. The Morgan fingerprint density at radius 3 is 2.89 bits per heavy atom. The van der Waals surface area contributed by atoms with Gasteiger partial charge in [0.05, 0.1) is 5.75 Å². The molecule has 0 spiro atoms. The van der Waals surface area contributed by atoms with Gasteiger partial charge < -0.3 is 11.1 Å². The molecule has 5 heteroatoms. The van der Waals surface area contributed by atoms with E-state index >= 15 is 0 Å². The summed E-state index contributed by atoms with van der Waals surface area (Å²) in [4.78, 5) is 11.8. The highest BCUT2D eigenvalue weighted by atomic mass is 127. The van der Waals surface area contributed by atoms with E-state index in [2.05, 4.69) is 40.9 Å². The van der Waals surface area contributed by atoms with Gasteiger partial charge in [0.1, 0.15) is 0 Å². The third kappa shape index (κ3) is 5.58. The molecule has 100 valence electrons. The van der Waals surface area contributed by atoms with Crippen LogP contribution in [0, 0.1) is 16.4 Å². The fourth-order valence-electron chi connectivity index (χ4n) is 1.37. The molecule has 3 nitrogen and oxygen atoms in total. The number of nitrogens with two attached hydrogens (primary N) is 1. The molecule has 0 aliphatic carbocycles. The smallest absolute Gasteiger partial charge is 0.234 e. The van der Waals surface area contributed by atoms with Crippen molar-refractivity contribution in [3.63, 3.8) is 0 Å². The molecule has 0 saturated carbocycles. The number of amides is 1. The number of thioether (sulfide) groups is 1. The van der Waals surface area contributed by atoms with Crippen LogP contribution in [-0.4, -0.2) is 24.0 Å². The van der Waals surface area contributed by atoms with Crippen molar-refractivity contribution in [1.82, 2.24) is 0 Å². The Morgan fingerprint density at radius 1 is 1.56 bits per heavy atom. The van der Waals surface area contributed by atoms with Crippen LogP contribution in [-0.2, 0) is 4.79 Å². The zero-order valence-corrected chi connectivity index (χ0v) is 13.7. The summed E-state index contributed by atoms with van der Waals surface area (Å²) < 4.78 is 1.18. The lowest BCUT2D eigenvalue weighted by molar-refractivity contribution is -0.113. The largest absolute Gasteiger partial charge is 0.330 e. The van der Waals surface area contributed by atoms with E-state index in [1.165, 1.54) is 3.57 Å². The number of nitrogens with one attached hydrogen (secondary N) is 1. The zero-order chi connectivity index (χ0) is 13.5. The molecular weight excluding hydrogens is 359 g/mol. The first-order valence-electron chi connectivity index (χ1n) is 5.86. The Morgan fingerprint density at radius 2 is 2.28 bits per heavy atom.